The lowest BCUT2D eigenvalue weighted by Gasteiger charge is -2.33. The summed E-state index contributed by atoms with van der Waals surface area (Å²) in [4.78, 5) is 28.2. The summed E-state index contributed by atoms with van der Waals surface area (Å²) >= 11 is 0. The van der Waals surface area contributed by atoms with Crippen LogP contribution in [0.15, 0.2) is 24.3 Å². The molecule has 1 aliphatic carbocycles. The zero-order valence-electron chi connectivity index (χ0n) is 17.2. The van der Waals surface area contributed by atoms with Crippen LogP contribution < -0.4 is 0 Å². The number of fused-ring (bicyclic) bond motifs is 1. The van der Waals surface area contributed by atoms with Gasteiger partial charge in [-0.1, -0.05) is 12.1 Å². The smallest absolute Gasteiger partial charge is 0.409 e. The number of amides is 2. The molecule has 0 atom stereocenters. The van der Waals surface area contributed by atoms with E-state index in [4.69, 9.17) is 4.74 Å². The van der Waals surface area contributed by atoms with Crippen LogP contribution in [0, 0.1) is 0 Å². The van der Waals surface area contributed by atoms with Crippen molar-refractivity contribution < 1.29 is 14.3 Å². The van der Waals surface area contributed by atoms with Crippen molar-refractivity contribution in [2.75, 3.05) is 32.8 Å². The van der Waals surface area contributed by atoms with Crippen LogP contribution in [-0.4, -0.2) is 64.4 Å². The highest BCUT2D eigenvalue weighted by Gasteiger charge is 2.27. The van der Waals surface area contributed by atoms with Gasteiger partial charge in [0.2, 0.25) is 0 Å². The molecule has 4 rings (SSSR count). The van der Waals surface area contributed by atoms with Crippen LogP contribution >= 0.6 is 0 Å². The van der Waals surface area contributed by atoms with Crippen LogP contribution in [0.2, 0.25) is 0 Å². The Balaban J connectivity index is 1.47. The Kier molecular flexibility index (Phi) is 5.56. The van der Waals surface area contributed by atoms with Crippen LogP contribution in [0.1, 0.15) is 41.4 Å². The van der Waals surface area contributed by atoms with Crippen molar-refractivity contribution in [3.63, 3.8) is 0 Å². The topological polar surface area (TPSA) is 67.7 Å². The number of aromatic nitrogens is 2. The van der Waals surface area contributed by atoms with E-state index >= 15 is 0 Å². The summed E-state index contributed by atoms with van der Waals surface area (Å²) in [5, 5.41) is 4.48. The second-order valence-corrected chi connectivity index (χ2v) is 7.71. The van der Waals surface area contributed by atoms with Crippen molar-refractivity contribution >= 4 is 12.0 Å². The van der Waals surface area contributed by atoms with Crippen molar-refractivity contribution in [1.29, 1.82) is 0 Å². The first-order chi connectivity index (χ1) is 14.1. The Bertz CT molecular complexity index is 913. The fraction of sp³-hybridized carbons (Fsp3) is 0.500. The molecule has 2 aliphatic rings. The molecule has 0 radical (unpaired) electrons. The normalized spacial score (nSPS) is 16.5. The predicted molar refractivity (Wildman–Crippen MR) is 110 cm³/mol. The van der Waals surface area contributed by atoms with Crippen LogP contribution in [0.25, 0.3) is 11.3 Å². The molecule has 2 heterocycles. The number of hydrogen-bond acceptors (Lipinski definition) is 4. The van der Waals surface area contributed by atoms with Crippen LogP contribution in [0.5, 0.6) is 0 Å². The third-order valence-electron chi connectivity index (χ3n) is 5.84. The summed E-state index contributed by atoms with van der Waals surface area (Å²) in [6.07, 6.45) is 4.47. The number of aryl methyl sites for hydroxylation is 3. The van der Waals surface area contributed by atoms with Gasteiger partial charge in [0.05, 0.1) is 12.3 Å². The van der Waals surface area contributed by atoms with Crippen molar-refractivity contribution in [2.45, 2.75) is 32.6 Å². The first-order valence-electron chi connectivity index (χ1n) is 10.4. The van der Waals surface area contributed by atoms with E-state index in [0.717, 1.165) is 24.1 Å². The molecule has 2 aromatic rings. The predicted octanol–water partition coefficient (Wildman–Crippen LogP) is 2.88. The van der Waals surface area contributed by atoms with Gasteiger partial charge < -0.3 is 14.5 Å². The van der Waals surface area contributed by atoms with E-state index in [2.05, 4.69) is 23.3 Å². The molecule has 1 saturated heterocycles. The average molecular weight is 396 g/mol. The highest BCUT2D eigenvalue weighted by atomic mass is 16.6. The first kappa shape index (κ1) is 19.5. The molecule has 7 heteroatoms. The summed E-state index contributed by atoms with van der Waals surface area (Å²) < 4.78 is 6.82. The lowest BCUT2D eigenvalue weighted by Crippen LogP contribution is -2.50. The number of nitrogens with zero attached hydrogens (tertiary/aromatic N) is 4. The Labute approximate surface area is 171 Å². The molecule has 0 N–H and O–H groups in total. The number of hydrogen-bond donors (Lipinski definition) is 0. The Morgan fingerprint density at radius 1 is 1.00 bits per heavy atom. The van der Waals surface area contributed by atoms with Gasteiger partial charge in [0.25, 0.3) is 5.91 Å². The number of benzene rings is 1. The van der Waals surface area contributed by atoms with E-state index < -0.39 is 0 Å². The minimum absolute atomic E-state index is 0.0895. The number of carbonyl (C=O) groups excluding carboxylic acids is 2. The number of rotatable bonds is 3. The molecule has 0 unspecified atom stereocenters. The highest BCUT2D eigenvalue weighted by molar-refractivity contribution is 5.93. The molecule has 1 aromatic heterocycles. The average Bonchev–Trinajstić information content (AvgIpc) is 3.14. The maximum Gasteiger partial charge on any atom is 0.409 e. The van der Waals surface area contributed by atoms with Gasteiger partial charge >= 0.3 is 6.09 Å². The van der Waals surface area contributed by atoms with E-state index in [9.17, 15) is 9.59 Å². The molecule has 0 spiro atoms. The maximum absolute atomic E-state index is 12.9. The summed E-state index contributed by atoms with van der Waals surface area (Å²) in [7, 11) is 1.88. The maximum atomic E-state index is 12.9. The van der Waals surface area contributed by atoms with E-state index in [1.165, 1.54) is 24.0 Å². The number of carbonyl (C=O) groups is 2. The Morgan fingerprint density at radius 3 is 2.41 bits per heavy atom. The standard InChI is InChI=1S/C22H28N4O3/c1-3-29-22(28)26-12-10-25(11-13-26)21(27)19-15-20(24(2)23-19)18-9-8-16-6-4-5-7-17(16)14-18/h8-9,14-15H,3-7,10-13H2,1-2H3. The minimum atomic E-state index is -0.313. The largest absolute Gasteiger partial charge is 0.450 e. The molecule has 1 fully saturated rings. The molecule has 2 amide bonds. The van der Waals surface area contributed by atoms with Gasteiger partial charge in [-0.05, 0) is 55.9 Å². The summed E-state index contributed by atoms with van der Waals surface area (Å²) in [5.41, 5.74) is 5.36. The lowest BCUT2D eigenvalue weighted by atomic mass is 9.90. The van der Waals surface area contributed by atoms with Crippen molar-refractivity contribution in [3.05, 3.63) is 41.1 Å². The molecule has 0 saturated carbocycles. The molecule has 1 aliphatic heterocycles. The fourth-order valence-electron chi connectivity index (χ4n) is 4.20. The van der Waals surface area contributed by atoms with Gasteiger partial charge in [-0.25, -0.2) is 4.79 Å². The highest BCUT2D eigenvalue weighted by Crippen LogP contribution is 2.28. The Morgan fingerprint density at radius 2 is 1.69 bits per heavy atom. The van der Waals surface area contributed by atoms with Gasteiger partial charge in [-0.3, -0.25) is 9.48 Å². The van der Waals surface area contributed by atoms with E-state index in [1.54, 1.807) is 21.4 Å². The zero-order chi connectivity index (χ0) is 20.4. The second-order valence-electron chi connectivity index (χ2n) is 7.71. The molecular weight excluding hydrogens is 368 g/mol. The van der Waals surface area contributed by atoms with Crippen molar-refractivity contribution in [3.8, 4) is 11.3 Å². The molecule has 154 valence electrons. The molecule has 7 nitrogen and oxygen atoms in total. The molecule has 0 bridgehead atoms. The SMILES string of the molecule is CCOC(=O)N1CCN(C(=O)c2cc(-c3ccc4c(c3)CCCC4)n(C)n2)CC1. The Hall–Kier alpha value is -2.83. The van der Waals surface area contributed by atoms with Crippen LogP contribution in [0.3, 0.4) is 0 Å². The van der Waals surface area contributed by atoms with Gasteiger partial charge in [0.15, 0.2) is 5.69 Å². The lowest BCUT2D eigenvalue weighted by molar-refractivity contribution is 0.0565. The van der Waals surface area contributed by atoms with Gasteiger partial charge in [-0.15, -0.1) is 0 Å². The summed E-state index contributed by atoms with van der Waals surface area (Å²) in [6.45, 7) is 4.09. The van der Waals surface area contributed by atoms with E-state index in [1.807, 2.05) is 13.1 Å². The number of ether oxygens (including phenoxy) is 1. The molecular formula is C22H28N4O3. The van der Waals surface area contributed by atoms with E-state index in [-0.39, 0.29) is 12.0 Å². The van der Waals surface area contributed by atoms with Gasteiger partial charge in [-0.2, -0.15) is 5.10 Å². The van der Waals surface area contributed by atoms with E-state index in [0.29, 0.717) is 38.5 Å². The van der Waals surface area contributed by atoms with Crippen LogP contribution in [-0.2, 0) is 24.6 Å². The quantitative estimate of drug-likeness (QED) is 0.800. The molecule has 1 aromatic carbocycles. The minimum Gasteiger partial charge on any atom is -0.450 e. The fourth-order valence-corrected chi connectivity index (χ4v) is 4.20. The molecule has 29 heavy (non-hydrogen) atoms. The monoisotopic (exact) mass is 396 g/mol. The summed E-state index contributed by atoms with van der Waals surface area (Å²) in [5.74, 6) is -0.0895. The summed E-state index contributed by atoms with van der Waals surface area (Å²) in [6, 6.07) is 8.48. The number of piperazine rings is 1. The van der Waals surface area contributed by atoms with Crippen molar-refractivity contribution in [2.24, 2.45) is 7.05 Å². The zero-order valence-corrected chi connectivity index (χ0v) is 17.2. The van der Waals surface area contributed by atoms with Crippen LogP contribution in [0.4, 0.5) is 4.79 Å². The third-order valence-corrected chi connectivity index (χ3v) is 5.84. The van der Waals surface area contributed by atoms with Gasteiger partial charge in [0, 0.05) is 38.8 Å². The second kappa shape index (κ2) is 8.27. The van der Waals surface area contributed by atoms with Crippen molar-refractivity contribution in [1.82, 2.24) is 19.6 Å². The third kappa shape index (κ3) is 3.99. The van der Waals surface area contributed by atoms with Gasteiger partial charge in [0.1, 0.15) is 0 Å². The first-order valence-corrected chi connectivity index (χ1v) is 10.4.